The molecule has 8 nitrogen and oxygen atoms in total. The molecule has 1 aromatic carbocycles. The molecule has 1 aromatic rings. The van der Waals surface area contributed by atoms with E-state index in [2.05, 4.69) is 0 Å². The largest absolute Gasteiger partial charge is 0.478 e. The van der Waals surface area contributed by atoms with E-state index < -0.39 is 65.8 Å². The normalized spacial score (nSPS) is 11.9. The SMILES string of the molecule is CC(C)(C)OC(=O)C(=O)Cc1c(S(N)(=O)=O)cc(Cl)c(C(=O)O)c1Cl. The minimum atomic E-state index is -4.39. The highest BCUT2D eigenvalue weighted by Crippen LogP contribution is 2.34. The Morgan fingerprint density at radius 3 is 2.16 bits per heavy atom. The van der Waals surface area contributed by atoms with Gasteiger partial charge in [-0.2, -0.15) is 0 Å². The molecule has 0 radical (unpaired) electrons. The van der Waals surface area contributed by atoms with Crippen molar-refractivity contribution in [1.82, 2.24) is 0 Å². The fourth-order valence-corrected chi connectivity index (χ4v) is 3.43. The molecular weight excluding hydrogens is 397 g/mol. The molecule has 0 fully saturated rings. The molecule has 0 atom stereocenters. The molecule has 0 saturated carbocycles. The highest BCUT2D eigenvalue weighted by Gasteiger charge is 2.30. The summed E-state index contributed by atoms with van der Waals surface area (Å²) in [7, 11) is -4.39. The van der Waals surface area contributed by atoms with Gasteiger partial charge in [-0.3, -0.25) is 4.79 Å². The van der Waals surface area contributed by atoms with Crippen molar-refractivity contribution in [3.8, 4) is 0 Å². The summed E-state index contributed by atoms with van der Waals surface area (Å²) < 4.78 is 28.3. The second-order valence-corrected chi connectivity index (χ2v) is 8.29. The monoisotopic (exact) mass is 411 g/mol. The molecule has 25 heavy (non-hydrogen) atoms. The number of ether oxygens (including phenoxy) is 1. The summed E-state index contributed by atoms with van der Waals surface area (Å²) in [5, 5.41) is 13.1. The fourth-order valence-electron chi connectivity index (χ4n) is 1.82. The molecule has 0 spiro atoms. The van der Waals surface area contributed by atoms with Crippen molar-refractivity contribution in [2.75, 3.05) is 0 Å². The number of ketones is 1. The van der Waals surface area contributed by atoms with E-state index in [9.17, 15) is 22.8 Å². The number of esters is 1. The van der Waals surface area contributed by atoms with E-state index in [0.717, 1.165) is 6.07 Å². The molecule has 0 unspecified atom stereocenters. The van der Waals surface area contributed by atoms with Crippen LogP contribution in [0.2, 0.25) is 10.0 Å². The number of hydrogen-bond acceptors (Lipinski definition) is 6. The zero-order chi connectivity index (χ0) is 19.7. The lowest BCUT2D eigenvalue weighted by Gasteiger charge is -2.19. The first-order chi connectivity index (χ1) is 11.1. The maximum Gasteiger partial charge on any atom is 0.375 e. The summed E-state index contributed by atoms with van der Waals surface area (Å²) in [5.74, 6) is -3.89. The van der Waals surface area contributed by atoms with Gasteiger partial charge in [0.05, 0.1) is 20.5 Å². The number of Topliss-reactive ketones (excluding diaryl/α,β-unsaturated/α-hetero) is 1. The molecule has 0 saturated heterocycles. The number of carbonyl (C=O) groups excluding carboxylic acids is 2. The summed E-state index contributed by atoms with van der Waals surface area (Å²) in [6.07, 6.45) is -0.822. The van der Waals surface area contributed by atoms with Gasteiger partial charge in [0.25, 0.3) is 0 Å². The molecule has 1 rings (SSSR count). The number of benzene rings is 1. The van der Waals surface area contributed by atoms with Gasteiger partial charge in [0.2, 0.25) is 15.8 Å². The van der Waals surface area contributed by atoms with Crippen molar-refractivity contribution in [2.24, 2.45) is 5.14 Å². The van der Waals surface area contributed by atoms with Crippen molar-refractivity contribution in [2.45, 2.75) is 37.7 Å². The molecular formula is C14H15Cl2NO7S. The Morgan fingerprint density at radius 1 is 1.24 bits per heavy atom. The van der Waals surface area contributed by atoms with Crippen molar-refractivity contribution in [3.05, 3.63) is 27.2 Å². The quantitative estimate of drug-likeness (QED) is 0.555. The Labute approximate surface area is 153 Å². The molecule has 0 bridgehead atoms. The fraction of sp³-hybridized carbons (Fsp3) is 0.357. The van der Waals surface area contributed by atoms with E-state index >= 15 is 0 Å². The second-order valence-electron chi connectivity index (χ2n) is 5.98. The van der Waals surface area contributed by atoms with Crippen LogP contribution in [0.15, 0.2) is 11.0 Å². The number of halogens is 2. The highest BCUT2D eigenvalue weighted by molar-refractivity contribution is 7.89. The van der Waals surface area contributed by atoms with Gasteiger partial charge < -0.3 is 9.84 Å². The average molecular weight is 412 g/mol. The van der Waals surface area contributed by atoms with E-state index in [4.69, 9.17) is 38.2 Å². The van der Waals surface area contributed by atoms with Crippen LogP contribution in [0, 0.1) is 0 Å². The molecule has 0 aliphatic heterocycles. The Morgan fingerprint density at radius 2 is 1.76 bits per heavy atom. The number of primary sulfonamides is 1. The molecule has 138 valence electrons. The summed E-state index contributed by atoms with van der Waals surface area (Å²) in [6.45, 7) is 4.60. The van der Waals surface area contributed by atoms with Crippen LogP contribution in [0.25, 0.3) is 0 Å². The van der Waals surface area contributed by atoms with Gasteiger partial charge in [-0.05, 0) is 32.4 Å². The van der Waals surface area contributed by atoms with Gasteiger partial charge in [0.15, 0.2) is 0 Å². The Kier molecular flexibility index (Phi) is 6.22. The first-order valence-electron chi connectivity index (χ1n) is 6.68. The van der Waals surface area contributed by atoms with E-state index in [1.807, 2.05) is 0 Å². The van der Waals surface area contributed by atoms with Gasteiger partial charge in [-0.25, -0.2) is 23.1 Å². The number of carboxylic acids is 1. The Bertz CT molecular complexity index is 857. The van der Waals surface area contributed by atoms with Crippen molar-refractivity contribution < 1.29 is 32.6 Å². The van der Waals surface area contributed by atoms with Gasteiger partial charge in [-0.15, -0.1) is 0 Å². The number of rotatable bonds is 5. The van der Waals surface area contributed by atoms with E-state index in [1.165, 1.54) is 20.8 Å². The molecule has 0 amide bonds. The molecule has 11 heteroatoms. The summed E-state index contributed by atoms with van der Waals surface area (Å²) in [4.78, 5) is 34.4. The predicted octanol–water partition coefficient (Wildman–Crippen LogP) is 1.79. The van der Waals surface area contributed by atoms with Gasteiger partial charge in [0, 0.05) is 6.42 Å². The summed E-state index contributed by atoms with van der Waals surface area (Å²) >= 11 is 11.6. The standard InChI is InChI=1S/C14H15Cl2NO7S/c1-14(2,3)24-13(21)8(18)4-6-9(25(17,22)23)5-7(15)10(11(6)16)12(19)20/h5H,4H2,1-3H3,(H,19,20)(H2,17,22,23). The number of nitrogens with two attached hydrogens (primary N) is 1. The molecule has 0 aliphatic carbocycles. The number of aromatic carboxylic acids is 1. The van der Waals surface area contributed by atoms with Gasteiger partial charge >= 0.3 is 11.9 Å². The highest BCUT2D eigenvalue weighted by atomic mass is 35.5. The Balaban J connectivity index is 3.47. The third kappa shape index (κ3) is 5.40. The number of sulfonamides is 1. The van der Waals surface area contributed by atoms with Crippen molar-refractivity contribution in [1.29, 1.82) is 0 Å². The van der Waals surface area contributed by atoms with Crippen LogP contribution < -0.4 is 5.14 Å². The third-order valence-electron chi connectivity index (χ3n) is 2.76. The van der Waals surface area contributed by atoms with Gasteiger partial charge in [-0.1, -0.05) is 23.2 Å². The smallest absolute Gasteiger partial charge is 0.375 e. The van der Waals surface area contributed by atoms with Crippen LogP contribution in [0.1, 0.15) is 36.7 Å². The lowest BCUT2D eigenvalue weighted by molar-refractivity contribution is -0.162. The first kappa shape index (κ1) is 21.4. The van der Waals surface area contributed by atoms with E-state index in [-0.39, 0.29) is 0 Å². The lowest BCUT2D eigenvalue weighted by Crippen LogP contribution is -2.30. The van der Waals surface area contributed by atoms with E-state index in [1.54, 1.807) is 0 Å². The van der Waals surface area contributed by atoms with Gasteiger partial charge in [0.1, 0.15) is 5.60 Å². The molecule has 0 heterocycles. The van der Waals surface area contributed by atoms with Crippen LogP contribution in [0.4, 0.5) is 0 Å². The van der Waals surface area contributed by atoms with Crippen molar-refractivity contribution >= 4 is 50.9 Å². The average Bonchev–Trinajstić information content (AvgIpc) is 2.37. The summed E-state index contributed by atoms with van der Waals surface area (Å²) in [5.41, 5.74) is -2.00. The maximum atomic E-state index is 12.0. The zero-order valence-electron chi connectivity index (χ0n) is 13.4. The van der Waals surface area contributed by atoms with Crippen LogP contribution in [-0.4, -0.2) is 36.8 Å². The number of hydrogen-bond donors (Lipinski definition) is 2. The lowest BCUT2D eigenvalue weighted by atomic mass is 10.0. The molecule has 0 aliphatic rings. The predicted molar refractivity (Wildman–Crippen MR) is 89.4 cm³/mol. The number of carboxylic acid groups (broad SMARTS) is 1. The minimum absolute atomic E-state index is 0.443. The summed E-state index contributed by atoms with van der Waals surface area (Å²) in [6, 6.07) is 0.768. The molecule has 0 aromatic heterocycles. The third-order valence-corrected chi connectivity index (χ3v) is 4.46. The topological polar surface area (TPSA) is 141 Å². The second kappa shape index (κ2) is 7.28. The van der Waals surface area contributed by atoms with Crippen molar-refractivity contribution in [3.63, 3.8) is 0 Å². The number of carbonyl (C=O) groups is 3. The van der Waals surface area contributed by atoms with Crippen LogP contribution in [-0.2, 0) is 30.8 Å². The zero-order valence-corrected chi connectivity index (χ0v) is 15.8. The van der Waals surface area contributed by atoms with Crippen LogP contribution in [0.5, 0.6) is 0 Å². The Hall–Kier alpha value is -1.68. The van der Waals surface area contributed by atoms with Crippen LogP contribution >= 0.6 is 23.2 Å². The first-order valence-corrected chi connectivity index (χ1v) is 8.98. The van der Waals surface area contributed by atoms with Crippen LogP contribution in [0.3, 0.4) is 0 Å². The minimum Gasteiger partial charge on any atom is -0.478 e. The maximum absolute atomic E-state index is 12.0. The van der Waals surface area contributed by atoms with E-state index in [0.29, 0.717) is 0 Å². The molecule has 3 N–H and O–H groups in total.